The zero-order chi connectivity index (χ0) is 39.4. The molecule has 14 nitrogen and oxygen atoms in total. The number of esters is 6. The highest BCUT2D eigenvalue weighted by Crippen LogP contribution is 2.21. The van der Waals surface area contributed by atoms with Crippen molar-refractivity contribution in [2.75, 3.05) is 65.7 Å². The van der Waals surface area contributed by atoms with Gasteiger partial charge in [-0.25, -0.2) is 19.2 Å². The molecule has 2 aromatic carbocycles. The first-order valence-corrected chi connectivity index (χ1v) is 19.3. The Balaban J connectivity index is 1.26. The molecule has 0 saturated carbocycles. The maximum Gasteiger partial charge on any atom is 0.348 e. The van der Waals surface area contributed by atoms with Crippen LogP contribution in [-0.4, -0.2) is 124 Å². The molecule has 2 heterocycles. The van der Waals surface area contributed by atoms with Gasteiger partial charge in [0.05, 0.1) is 49.4 Å². The maximum absolute atomic E-state index is 13.2. The molecule has 14 heteroatoms. The standard InChI is InChI=1S/C41H54N2O12/c1-3-50-36(44)32-20-14-22-42(26-32)28-34(54-38(46)30-16-8-5-9-17-30)40(48)52-24-12-7-13-25-53-41(49)35(55-39(47)31-18-10-6-11-19-31)29-43-23-15-21-33(27-43)37(45)51-4-2/h5-6,8-11,16-19,32-35H,3-4,7,12-15,20-29H2,1-2H3. The highest BCUT2D eigenvalue weighted by molar-refractivity contribution is 5.92. The van der Waals surface area contributed by atoms with E-state index in [-0.39, 0.29) is 63.3 Å². The number of rotatable bonds is 20. The van der Waals surface area contributed by atoms with Gasteiger partial charge < -0.3 is 28.4 Å². The highest BCUT2D eigenvalue weighted by Gasteiger charge is 2.34. The first-order chi connectivity index (χ1) is 26.7. The SMILES string of the molecule is CCOC(=O)C1CCCN(CC(OC(=O)c2ccccc2)C(=O)OCCCCCOC(=O)C(CN2CCCC(C(=O)OCC)C2)OC(=O)c2ccccc2)C1. The van der Waals surface area contributed by atoms with E-state index < -0.39 is 36.1 Å². The van der Waals surface area contributed by atoms with Crippen molar-refractivity contribution in [3.8, 4) is 0 Å². The van der Waals surface area contributed by atoms with Gasteiger partial charge in [0.2, 0.25) is 12.2 Å². The van der Waals surface area contributed by atoms with Gasteiger partial charge in [-0.1, -0.05) is 36.4 Å². The molecular formula is C41H54N2O12. The molecule has 2 fully saturated rings. The van der Waals surface area contributed by atoms with Crippen LogP contribution < -0.4 is 0 Å². The fraction of sp³-hybridized carbons (Fsp3) is 0.561. The van der Waals surface area contributed by atoms with E-state index in [1.807, 2.05) is 9.80 Å². The first kappa shape index (κ1) is 42.9. The van der Waals surface area contributed by atoms with Gasteiger partial charge in [0.25, 0.3) is 0 Å². The van der Waals surface area contributed by atoms with Crippen LogP contribution in [0, 0.1) is 11.8 Å². The van der Waals surface area contributed by atoms with Crippen LogP contribution in [0.2, 0.25) is 0 Å². The van der Waals surface area contributed by atoms with E-state index in [1.165, 1.54) is 0 Å². The summed E-state index contributed by atoms with van der Waals surface area (Å²) in [5.74, 6) is -3.93. The second kappa shape index (κ2) is 23.2. The molecule has 55 heavy (non-hydrogen) atoms. The lowest BCUT2D eigenvalue weighted by Gasteiger charge is -2.33. The third-order valence-electron chi connectivity index (χ3n) is 9.42. The minimum Gasteiger partial charge on any atom is -0.466 e. The summed E-state index contributed by atoms with van der Waals surface area (Å²) in [6.07, 6.45) is 1.84. The van der Waals surface area contributed by atoms with E-state index in [4.69, 9.17) is 28.4 Å². The highest BCUT2D eigenvalue weighted by atomic mass is 16.6. The van der Waals surface area contributed by atoms with Crippen LogP contribution >= 0.6 is 0 Å². The average Bonchev–Trinajstić information content (AvgIpc) is 3.20. The van der Waals surface area contributed by atoms with E-state index in [2.05, 4.69) is 0 Å². The zero-order valence-corrected chi connectivity index (χ0v) is 31.9. The molecular weight excluding hydrogens is 712 g/mol. The third kappa shape index (κ3) is 14.4. The van der Waals surface area contributed by atoms with Crippen molar-refractivity contribution in [1.29, 1.82) is 0 Å². The average molecular weight is 767 g/mol. The maximum atomic E-state index is 13.2. The van der Waals surface area contributed by atoms with Crippen LogP contribution in [0.4, 0.5) is 0 Å². The summed E-state index contributed by atoms with van der Waals surface area (Å²) >= 11 is 0. The Hall–Kier alpha value is -4.82. The summed E-state index contributed by atoms with van der Waals surface area (Å²) < 4.78 is 32.7. The van der Waals surface area contributed by atoms with E-state index in [9.17, 15) is 28.8 Å². The second-order valence-corrected chi connectivity index (χ2v) is 13.6. The van der Waals surface area contributed by atoms with Gasteiger partial charge in [0.1, 0.15) is 0 Å². The number of hydrogen-bond acceptors (Lipinski definition) is 14. The van der Waals surface area contributed by atoms with Crippen molar-refractivity contribution in [2.45, 2.75) is 71.0 Å². The topological polar surface area (TPSA) is 164 Å². The number of carbonyl (C=O) groups excluding carboxylic acids is 6. The van der Waals surface area contributed by atoms with Crippen LogP contribution in [0.25, 0.3) is 0 Å². The molecule has 0 aromatic heterocycles. The largest absolute Gasteiger partial charge is 0.466 e. The summed E-state index contributed by atoms with van der Waals surface area (Å²) in [5.41, 5.74) is 0.596. The van der Waals surface area contributed by atoms with Crippen molar-refractivity contribution >= 4 is 35.8 Å². The number of piperidine rings is 2. The van der Waals surface area contributed by atoms with Crippen molar-refractivity contribution in [2.24, 2.45) is 11.8 Å². The molecule has 4 rings (SSSR count). The predicted octanol–water partition coefficient (Wildman–Crippen LogP) is 4.24. The monoisotopic (exact) mass is 766 g/mol. The van der Waals surface area contributed by atoms with Gasteiger partial charge in [-0.05, 0) is 96.1 Å². The lowest BCUT2D eigenvalue weighted by atomic mass is 9.98. The number of likely N-dealkylation sites (tertiary alicyclic amines) is 2. The Kier molecular flexibility index (Phi) is 18.1. The second-order valence-electron chi connectivity index (χ2n) is 13.6. The Morgan fingerprint density at radius 1 is 0.582 bits per heavy atom. The van der Waals surface area contributed by atoms with Crippen molar-refractivity contribution in [1.82, 2.24) is 9.80 Å². The number of carbonyl (C=O) groups is 6. The fourth-order valence-corrected chi connectivity index (χ4v) is 6.59. The molecule has 0 N–H and O–H groups in total. The molecule has 0 radical (unpaired) electrons. The normalized spacial score (nSPS) is 18.6. The predicted molar refractivity (Wildman–Crippen MR) is 199 cm³/mol. The lowest BCUT2D eigenvalue weighted by Crippen LogP contribution is -2.46. The van der Waals surface area contributed by atoms with Crippen LogP contribution in [0.3, 0.4) is 0 Å². The van der Waals surface area contributed by atoms with Gasteiger partial charge in [-0.2, -0.15) is 0 Å². The quantitative estimate of drug-likeness (QED) is 0.107. The summed E-state index contributed by atoms with van der Waals surface area (Å²) in [6, 6.07) is 16.7. The van der Waals surface area contributed by atoms with Gasteiger partial charge in [0, 0.05) is 26.2 Å². The Bertz CT molecular complexity index is 1420. The van der Waals surface area contributed by atoms with Gasteiger partial charge in [-0.15, -0.1) is 0 Å². The molecule has 2 saturated heterocycles. The molecule has 2 aromatic rings. The molecule has 2 aliphatic rings. The zero-order valence-electron chi connectivity index (χ0n) is 31.9. The minimum atomic E-state index is -1.21. The number of nitrogens with zero attached hydrogens (tertiary/aromatic N) is 2. The third-order valence-corrected chi connectivity index (χ3v) is 9.42. The van der Waals surface area contributed by atoms with Crippen molar-refractivity contribution < 1.29 is 57.2 Å². The summed E-state index contributed by atoms with van der Waals surface area (Å²) in [4.78, 5) is 80.9. The van der Waals surface area contributed by atoms with Crippen molar-refractivity contribution in [3.63, 3.8) is 0 Å². The Morgan fingerprint density at radius 3 is 1.36 bits per heavy atom. The summed E-state index contributed by atoms with van der Waals surface area (Å²) in [7, 11) is 0. The molecule has 4 atom stereocenters. The van der Waals surface area contributed by atoms with Crippen molar-refractivity contribution in [3.05, 3.63) is 71.8 Å². The molecule has 2 aliphatic heterocycles. The van der Waals surface area contributed by atoms with Crippen LogP contribution in [0.1, 0.15) is 79.5 Å². The van der Waals surface area contributed by atoms with E-state index in [1.54, 1.807) is 74.5 Å². The summed E-state index contributed by atoms with van der Waals surface area (Å²) in [6.45, 7) is 6.31. The molecule has 0 amide bonds. The number of benzene rings is 2. The van der Waals surface area contributed by atoms with Gasteiger partial charge >= 0.3 is 35.8 Å². The first-order valence-electron chi connectivity index (χ1n) is 19.3. The smallest absolute Gasteiger partial charge is 0.348 e. The molecule has 300 valence electrons. The van der Waals surface area contributed by atoms with Crippen LogP contribution in [0.15, 0.2) is 60.7 Å². The van der Waals surface area contributed by atoms with Gasteiger partial charge in [-0.3, -0.25) is 19.4 Å². The minimum absolute atomic E-state index is 0.0471. The van der Waals surface area contributed by atoms with E-state index >= 15 is 0 Å². The Labute approximate surface area is 322 Å². The molecule has 0 aliphatic carbocycles. The lowest BCUT2D eigenvalue weighted by molar-refractivity contribution is -0.156. The van der Waals surface area contributed by atoms with Crippen LogP contribution in [-0.2, 0) is 47.6 Å². The van der Waals surface area contributed by atoms with E-state index in [0.717, 1.165) is 12.8 Å². The van der Waals surface area contributed by atoms with Gasteiger partial charge in [0.15, 0.2) is 0 Å². The molecule has 4 unspecified atom stereocenters. The molecule has 0 spiro atoms. The van der Waals surface area contributed by atoms with Crippen LogP contribution in [0.5, 0.6) is 0 Å². The summed E-state index contributed by atoms with van der Waals surface area (Å²) in [5, 5.41) is 0. The number of hydrogen-bond donors (Lipinski definition) is 0. The fourth-order valence-electron chi connectivity index (χ4n) is 6.59. The number of unbranched alkanes of at least 4 members (excludes halogenated alkanes) is 2. The van der Waals surface area contributed by atoms with E-state index in [0.29, 0.717) is 69.4 Å². The molecule has 0 bridgehead atoms. The Morgan fingerprint density at radius 2 is 0.982 bits per heavy atom. The number of ether oxygens (including phenoxy) is 6.